The highest BCUT2D eigenvalue weighted by Gasteiger charge is 2.35. The third kappa shape index (κ3) is 2.87. The molecule has 2 N–H and O–H groups in total. The minimum absolute atomic E-state index is 0.123. The molecule has 0 aromatic carbocycles. The Bertz CT molecular complexity index is 371. The Morgan fingerprint density at radius 3 is 2.71 bits per heavy atom. The fraction of sp³-hybridized carbons (Fsp3) is 0.769. The third-order valence-electron chi connectivity index (χ3n) is 3.84. The summed E-state index contributed by atoms with van der Waals surface area (Å²) in [6.45, 7) is 5.54. The van der Waals surface area contributed by atoms with Gasteiger partial charge in [0.1, 0.15) is 0 Å². The summed E-state index contributed by atoms with van der Waals surface area (Å²) in [4.78, 5) is 2.38. The maximum Gasteiger partial charge on any atom is 0.0538 e. The third-order valence-corrected chi connectivity index (χ3v) is 3.84. The fourth-order valence-corrected chi connectivity index (χ4v) is 2.69. The van der Waals surface area contributed by atoms with E-state index in [0.29, 0.717) is 0 Å². The van der Waals surface area contributed by atoms with Crippen molar-refractivity contribution in [2.75, 3.05) is 13.6 Å². The molecule has 4 heteroatoms. The molecule has 1 heterocycles. The van der Waals surface area contributed by atoms with Gasteiger partial charge in [0.25, 0.3) is 0 Å². The highest BCUT2D eigenvalue weighted by atomic mass is 15.2. The van der Waals surface area contributed by atoms with Crippen LogP contribution in [0.3, 0.4) is 0 Å². The van der Waals surface area contributed by atoms with Crippen molar-refractivity contribution >= 4 is 0 Å². The highest BCUT2D eigenvalue weighted by Crippen LogP contribution is 2.39. The molecule has 4 atom stereocenters. The summed E-state index contributed by atoms with van der Waals surface area (Å²) in [5.41, 5.74) is 7.35. The quantitative estimate of drug-likeness (QED) is 0.840. The van der Waals surface area contributed by atoms with Gasteiger partial charge in [0.2, 0.25) is 0 Å². The van der Waals surface area contributed by atoms with Crippen LogP contribution in [-0.2, 0) is 7.05 Å². The van der Waals surface area contributed by atoms with Crippen LogP contribution >= 0.6 is 0 Å². The standard InChI is InChI=1S/C13H24N4/c1-9-5-11(9)7-16(3)13(10(2)14)12-6-15-17(4)8-12/h6,8-11,13H,5,7,14H2,1-4H3. The molecule has 1 saturated carbocycles. The number of nitrogens with zero attached hydrogens (tertiary/aromatic N) is 3. The minimum atomic E-state index is 0.123. The lowest BCUT2D eigenvalue weighted by Crippen LogP contribution is -2.38. The van der Waals surface area contributed by atoms with Gasteiger partial charge in [-0.15, -0.1) is 0 Å². The van der Waals surface area contributed by atoms with Crippen molar-refractivity contribution in [2.45, 2.75) is 32.4 Å². The molecule has 1 fully saturated rings. The van der Waals surface area contributed by atoms with Crippen LogP contribution in [0.1, 0.15) is 31.9 Å². The number of aromatic nitrogens is 2. The first kappa shape index (κ1) is 12.6. The molecule has 0 aliphatic heterocycles. The molecule has 1 aromatic heterocycles. The molecule has 0 bridgehead atoms. The Labute approximate surface area is 104 Å². The van der Waals surface area contributed by atoms with E-state index in [1.165, 1.54) is 12.0 Å². The van der Waals surface area contributed by atoms with Gasteiger partial charge in [0.05, 0.1) is 12.2 Å². The van der Waals surface area contributed by atoms with Crippen LogP contribution in [0, 0.1) is 11.8 Å². The van der Waals surface area contributed by atoms with Gasteiger partial charge >= 0.3 is 0 Å². The number of hydrogen-bond acceptors (Lipinski definition) is 3. The van der Waals surface area contributed by atoms with E-state index >= 15 is 0 Å². The molecule has 96 valence electrons. The van der Waals surface area contributed by atoms with Crippen molar-refractivity contribution in [2.24, 2.45) is 24.6 Å². The zero-order valence-corrected chi connectivity index (χ0v) is 11.3. The predicted molar refractivity (Wildman–Crippen MR) is 69.5 cm³/mol. The normalized spacial score (nSPS) is 27.2. The molecule has 0 radical (unpaired) electrons. The van der Waals surface area contributed by atoms with E-state index < -0.39 is 0 Å². The van der Waals surface area contributed by atoms with Gasteiger partial charge in [-0.1, -0.05) is 6.92 Å². The van der Waals surface area contributed by atoms with Crippen molar-refractivity contribution in [1.29, 1.82) is 0 Å². The lowest BCUT2D eigenvalue weighted by Gasteiger charge is -2.30. The zero-order chi connectivity index (χ0) is 12.6. The number of nitrogens with two attached hydrogens (primary N) is 1. The maximum atomic E-state index is 6.13. The molecule has 17 heavy (non-hydrogen) atoms. The Morgan fingerprint density at radius 2 is 2.29 bits per heavy atom. The van der Waals surface area contributed by atoms with Crippen molar-refractivity contribution in [3.05, 3.63) is 18.0 Å². The predicted octanol–water partition coefficient (Wildman–Crippen LogP) is 1.40. The number of hydrogen-bond donors (Lipinski definition) is 1. The SMILES string of the molecule is CC(N)C(c1cnn(C)c1)N(C)CC1CC1C. The van der Waals surface area contributed by atoms with Crippen LogP contribution in [0.5, 0.6) is 0 Å². The van der Waals surface area contributed by atoms with Crippen LogP contribution in [0.15, 0.2) is 12.4 Å². The molecular formula is C13H24N4. The zero-order valence-electron chi connectivity index (χ0n) is 11.3. The number of aryl methyl sites for hydroxylation is 1. The minimum Gasteiger partial charge on any atom is -0.326 e. The fourth-order valence-electron chi connectivity index (χ4n) is 2.69. The van der Waals surface area contributed by atoms with Crippen molar-refractivity contribution in [3.63, 3.8) is 0 Å². The Morgan fingerprint density at radius 1 is 1.65 bits per heavy atom. The Kier molecular flexibility index (Phi) is 3.54. The van der Waals surface area contributed by atoms with Crippen molar-refractivity contribution in [1.82, 2.24) is 14.7 Å². The monoisotopic (exact) mass is 236 g/mol. The van der Waals surface area contributed by atoms with Crippen LogP contribution in [0.25, 0.3) is 0 Å². The van der Waals surface area contributed by atoms with E-state index in [-0.39, 0.29) is 12.1 Å². The summed E-state index contributed by atoms with van der Waals surface area (Å²) >= 11 is 0. The molecule has 0 amide bonds. The summed E-state index contributed by atoms with van der Waals surface area (Å²) < 4.78 is 1.85. The number of likely N-dealkylation sites (N-methyl/N-ethyl adjacent to an activating group) is 1. The van der Waals surface area contributed by atoms with Crippen LogP contribution in [-0.4, -0.2) is 34.3 Å². The lowest BCUT2D eigenvalue weighted by atomic mass is 10.0. The van der Waals surface area contributed by atoms with Gasteiger partial charge in [-0.25, -0.2) is 0 Å². The number of rotatable bonds is 5. The second-order valence-corrected chi connectivity index (χ2v) is 5.66. The van der Waals surface area contributed by atoms with E-state index in [4.69, 9.17) is 5.73 Å². The second-order valence-electron chi connectivity index (χ2n) is 5.66. The van der Waals surface area contributed by atoms with E-state index in [1.807, 2.05) is 17.9 Å². The summed E-state index contributed by atoms with van der Waals surface area (Å²) in [5.74, 6) is 1.75. The van der Waals surface area contributed by atoms with Gasteiger partial charge in [-0.05, 0) is 32.2 Å². The first-order chi connectivity index (χ1) is 7.99. The first-order valence-electron chi connectivity index (χ1n) is 6.43. The maximum absolute atomic E-state index is 6.13. The average molecular weight is 236 g/mol. The van der Waals surface area contributed by atoms with E-state index in [2.05, 4.69) is 37.1 Å². The van der Waals surface area contributed by atoms with Gasteiger partial charge in [-0.3, -0.25) is 9.58 Å². The van der Waals surface area contributed by atoms with Crippen LogP contribution < -0.4 is 5.73 Å². The second kappa shape index (κ2) is 4.78. The Hall–Kier alpha value is -0.870. The van der Waals surface area contributed by atoms with Gasteiger partial charge in [-0.2, -0.15) is 5.10 Å². The van der Waals surface area contributed by atoms with E-state index in [9.17, 15) is 0 Å². The first-order valence-corrected chi connectivity index (χ1v) is 6.43. The Balaban J connectivity index is 2.06. The molecule has 1 aliphatic carbocycles. The average Bonchev–Trinajstić information content (AvgIpc) is 2.73. The van der Waals surface area contributed by atoms with Crippen molar-refractivity contribution < 1.29 is 0 Å². The smallest absolute Gasteiger partial charge is 0.0538 e. The summed E-state index contributed by atoms with van der Waals surface area (Å²) in [6, 6.07) is 0.398. The molecule has 0 saturated heterocycles. The summed E-state index contributed by atoms with van der Waals surface area (Å²) in [6.07, 6.45) is 5.37. The molecule has 2 rings (SSSR count). The largest absolute Gasteiger partial charge is 0.326 e. The molecule has 4 nitrogen and oxygen atoms in total. The summed E-state index contributed by atoms with van der Waals surface area (Å²) in [7, 11) is 4.12. The topological polar surface area (TPSA) is 47.1 Å². The molecule has 4 unspecified atom stereocenters. The molecular weight excluding hydrogens is 212 g/mol. The van der Waals surface area contributed by atoms with Gasteiger partial charge in [0, 0.05) is 31.4 Å². The molecule has 1 aliphatic rings. The van der Waals surface area contributed by atoms with Crippen molar-refractivity contribution in [3.8, 4) is 0 Å². The summed E-state index contributed by atoms with van der Waals surface area (Å²) in [5, 5.41) is 4.25. The lowest BCUT2D eigenvalue weighted by molar-refractivity contribution is 0.208. The highest BCUT2D eigenvalue weighted by molar-refractivity contribution is 5.13. The van der Waals surface area contributed by atoms with Crippen LogP contribution in [0.4, 0.5) is 0 Å². The van der Waals surface area contributed by atoms with Gasteiger partial charge in [0.15, 0.2) is 0 Å². The molecule has 0 spiro atoms. The van der Waals surface area contributed by atoms with E-state index in [1.54, 1.807) is 0 Å². The van der Waals surface area contributed by atoms with Crippen LogP contribution in [0.2, 0.25) is 0 Å². The van der Waals surface area contributed by atoms with E-state index in [0.717, 1.165) is 18.4 Å². The van der Waals surface area contributed by atoms with Gasteiger partial charge < -0.3 is 5.73 Å². The molecule has 1 aromatic rings.